The Morgan fingerprint density at radius 1 is 1.46 bits per heavy atom. The summed E-state index contributed by atoms with van der Waals surface area (Å²) in [5, 5.41) is 8.19. The molecule has 0 aromatic carbocycles. The Bertz CT molecular complexity index is 217. The van der Waals surface area contributed by atoms with E-state index < -0.39 is 5.97 Å². The van der Waals surface area contributed by atoms with Gasteiger partial charge in [-0.05, 0) is 13.3 Å². The van der Waals surface area contributed by atoms with Crippen LogP contribution in [0.15, 0.2) is 0 Å². The number of esters is 1. The third-order valence-corrected chi connectivity index (χ3v) is 1.39. The van der Waals surface area contributed by atoms with Crippen LogP contribution in [-0.4, -0.2) is 18.4 Å². The normalized spacial score (nSPS) is 8.92. The van der Waals surface area contributed by atoms with Crippen molar-refractivity contribution >= 4 is 11.8 Å². The smallest absolute Gasteiger partial charge is 0.313 e. The van der Waals surface area contributed by atoms with Crippen molar-refractivity contribution < 1.29 is 14.3 Å². The van der Waals surface area contributed by atoms with Crippen molar-refractivity contribution in [1.29, 1.82) is 5.26 Å². The van der Waals surface area contributed by atoms with Crippen molar-refractivity contribution in [2.75, 3.05) is 6.61 Å². The van der Waals surface area contributed by atoms with Gasteiger partial charge in [-0.2, -0.15) is 5.26 Å². The fourth-order valence-corrected chi connectivity index (χ4v) is 0.826. The highest BCUT2D eigenvalue weighted by Crippen LogP contribution is 1.99. The molecular formula is C9H13NO3. The van der Waals surface area contributed by atoms with Crippen LogP contribution >= 0.6 is 0 Å². The zero-order valence-electron chi connectivity index (χ0n) is 7.71. The van der Waals surface area contributed by atoms with Gasteiger partial charge in [0.15, 0.2) is 0 Å². The molecule has 0 aromatic rings. The summed E-state index contributed by atoms with van der Waals surface area (Å²) in [5.41, 5.74) is 0. The molecule has 72 valence electrons. The molecule has 0 bridgehead atoms. The van der Waals surface area contributed by atoms with Crippen molar-refractivity contribution in [2.24, 2.45) is 0 Å². The summed E-state index contributed by atoms with van der Waals surface area (Å²) in [6, 6.07) is 1.93. The SMILES string of the molecule is CCOC(=O)CC(=O)CCCC#N. The quantitative estimate of drug-likeness (QED) is 0.352. The Labute approximate surface area is 77.5 Å². The van der Waals surface area contributed by atoms with Crippen LogP contribution in [0.25, 0.3) is 0 Å². The van der Waals surface area contributed by atoms with Crippen LogP contribution in [0, 0.1) is 11.3 Å². The van der Waals surface area contributed by atoms with E-state index >= 15 is 0 Å². The van der Waals surface area contributed by atoms with Gasteiger partial charge in [-0.15, -0.1) is 0 Å². The second-order valence-corrected chi connectivity index (χ2v) is 2.53. The van der Waals surface area contributed by atoms with Gasteiger partial charge in [0, 0.05) is 12.8 Å². The second-order valence-electron chi connectivity index (χ2n) is 2.53. The van der Waals surface area contributed by atoms with Crippen LogP contribution in [0.3, 0.4) is 0 Å². The summed E-state index contributed by atoms with van der Waals surface area (Å²) in [4.78, 5) is 21.8. The van der Waals surface area contributed by atoms with Crippen molar-refractivity contribution in [1.82, 2.24) is 0 Å². The minimum Gasteiger partial charge on any atom is -0.466 e. The van der Waals surface area contributed by atoms with Gasteiger partial charge >= 0.3 is 5.97 Å². The highest BCUT2D eigenvalue weighted by atomic mass is 16.5. The number of carbonyl (C=O) groups is 2. The maximum absolute atomic E-state index is 11.0. The van der Waals surface area contributed by atoms with Gasteiger partial charge in [0.25, 0.3) is 0 Å². The number of nitriles is 1. The monoisotopic (exact) mass is 183 g/mol. The summed E-state index contributed by atoms with van der Waals surface area (Å²) in [5.74, 6) is -0.641. The van der Waals surface area contributed by atoms with E-state index in [9.17, 15) is 9.59 Å². The molecule has 0 heterocycles. The van der Waals surface area contributed by atoms with Gasteiger partial charge < -0.3 is 4.74 Å². The summed E-state index contributed by atoms with van der Waals surface area (Å²) >= 11 is 0. The summed E-state index contributed by atoms with van der Waals surface area (Å²) in [7, 11) is 0. The summed E-state index contributed by atoms with van der Waals surface area (Å²) in [6.07, 6.45) is 0.995. The molecule has 4 nitrogen and oxygen atoms in total. The van der Waals surface area contributed by atoms with Crippen molar-refractivity contribution in [3.05, 3.63) is 0 Å². The lowest BCUT2D eigenvalue weighted by Crippen LogP contribution is -2.10. The Morgan fingerprint density at radius 2 is 2.15 bits per heavy atom. The van der Waals surface area contributed by atoms with Gasteiger partial charge in [0.05, 0.1) is 12.7 Å². The molecule has 0 aromatic heterocycles. The molecular weight excluding hydrogens is 170 g/mol. The first-order valence-corrected chi connectivity index (χ1v) is 4.25. The van der Waals surface area contributed by atoms with E-state index in [1.807, 2.05) is 6.07 Å². The van der Waals surface area contributed by atoms with Crippen LogP contribution in [0.2, 0.25) is 0 Å². The number of Topliss-reactive ketones (excluding diaryl/α,β-unsaturated/α-hetero) is 1. The second kappa shape index (κ2) is 7.29. The summed E-state index contributed by atoms with van der Waals surface area (Å²) < 4.78 is 4.59. The minimum absolute atomic E-state index is 0.159. The van der Waals surface area contributed by atoms with Crippen LogP contribution in [0.4, 0.5) is 0 Å². The van der Waals surface area contributed by atoms with Gasteiger partial charge in [-0.25, -0.2) is 0 Å². The largest absolute Gasteiger partial charge is 0.466 e. The first kappa shape index (κ1) is 11.6. The fraction of sp³-hybridized carbons (Fsp3) is 0.667. The molecule has 0 fully saturated rings. The van der Waals surface area contributed by atoms with Crippen molar-refractivity contribution in [3.63, 3.8) is 0 Å². The molecule has 0 saturated heterocycles. The van der Waals surface area contributed by atoms with E-state index in [1.165, 1.54) is 0 Å². The van der Waals surface area contributed by atoms with Crippen molar-refractivity contribution in [3.8, 4) is 6.07 Å². The van der Waals surface area contributed by atoms with Crippen LogP contribution < -0.4 is 0 Å². The van der Waals surface area contributed by atoms with E-state index in [0.29, 0.717) is 19.4 Å². The number of ether oxygens (including phenoxy) is 1. The number of unbranched alkanes of at least 4 members (excludes halogenated alkanes) is 1. The number of ketones is 1. The highest BCUT2D eigenvalue weighted by Gasteiger charge is 2.09. The lowest BCUT2D eigenvalue weighted by Gasteiger charge is -1.99. The number of nitrogens with zero attached hydrogens (tertiary/aromatic N) is 1. The molecule has 0 aliphatic heterocycles. The average molecular weight is 183 g/mol. The topological polar surface area (TPSA) is 67.2 Å². The maximum Gasteiger partial charge on any atom is 0.313 e. The lowest BCUT2D eigenvalue weighted by molar-refractivity contribution is -0.145. The molecule has 0 radical (unpaired) electrons. The van der Waals surface area contributed by atoms with Crippen molar-refractivity contribution in [2.45, 2.75) is 32.6 Å². The average Bonchev–Trinajstić information content (AvgIpc) is 2.05. The van der Waals surface area contributed by atoms with Gasteiger partial charge in [0.1, 0.15) is 12.2 Å². The van der Waals surface area contributed by atoms with E-state index in [1.54, 1.807) is 6.92 Å². The molecule has 0 spiro atoms. The lowest BCUT2D eigenvalue weighted by atomic mass is 10.1. The molecule has 0 unspecified atom stereocenters. The molecule has 13 heavy (non-hydrogen) atoms. The minimum atomic E-state index is -0.482. The molecule has 0 saturated carbocycles. The van der Waals surface area contributed by atoms with E-state index in [-0.39, 0.29) is 18.6 Å². The first-order valence-electron chi connectivity index (χ1n) is 4.25. The predicted octanol–water partition coefficient (Wildman–Crippen LogP) is 1.20. The third kappa shape index (κ3) is 7.01. The Hall–Kier alpha value is -1.37. The molecule has 0 atom stereocenters. The molecule has 4 heteroatoms. The first-order chi connectivity index (χ1) is 6.20. The Morgan fingerprint density at radius 3 is 2.69 bits per heavy atom. The predicted molar refractivity (Wildman–Crippen MR) is 45.7 cm³/mol. The maximum atomic E-state index is 11.0. The third-order valence-electron chi connectivity index (χ3n) is 1.39. The zero-order chi connectivity index (χ0) is 10.1. The number of rotatable bonds is 6. The van der Waals surface area contributed by atoms with E-state index in [0.717, 1.165) is 0 Å². The van der Waals surface area contributed by atoms with Gasteiger partial charge in [-0.1, -0.05) is 0 Å². The Kier molecular flexibility index (Phi) is 6.52. The van der Waals surface area contributed by atoms with Crippen LogP contribution in [-0.2, 0) is 14.3 Å². The standard InChI is InChI=1S/C9H13NO3/c1-2-13-9(12)7-8(11)5-3-4-6-10/h2-5,7H2,1H3. The number of hydrogen-bond donors (Lipinski definition) is 0. The van der Waals surface area contributed by atoms with E-state index in [2.05, 4.69) is 4.74 Å². The van der Waals surface area contributed by atoms with E-state index in [4.69, 9.17) is 5.26 Å². The van der Waals surface area contributed by atoms with Gasteiger partial charge in [-0.3, -0.25) is 9.59 Å². The summed E-state index contributed by atoms with van der Waals surface area (Å²) in [6.45, 7) is 1.99. The molecule has 0 N–H and O–H groups in total. The molecule has 0 amide bonds. The molecule has 0 rings (SSSR count). The van der Waals surface area contributed by atoms with Crippen LogP contribution in [0.5, 0.6) is 0 Å². The van der Waals surface area contributed by atoms with Crippen LogP contribution in [0.1, 0.15) is 32.6 Å². The van der Waals surface area contributed by atoms with Gasteiger partial charge in [0.2, 0.25) is 0 Å². The molecule has 0 aliphatic carbocycles. The fourth-order valence-electron chi connectivity index (χ4n) is 0.826. The highest BCUT2D eigenvalue weighted by molar-refractivity contribution is 5.95. The molecule has 0 aliphatic rings. The number of hydrogen-bond acceptors (Lipinski definition) is 4. The number of carbonyl (C=O) groups excluding carboxylic acids is 2. The Balaban J connectivity index is 3.51. The zero-order valence-corrected chi connectivity index (χ0v) is 7.71.